The Bertz CT molecular complexity index is 549. The Hall–Kier alpha value is -2.50. The van der Waals surface area contributed by atoms with Gasteiger partial charge in [0.2, 0.25) is 0 Å². The minimum absolute atomic E-state index is 0.278. The summed E-state index contributed by atoms with van der Waals surface area (Å²) in [7, 11) is 3.72. The lowest BCUT2D eigenvalue weighted by Crippen LogP contribution is -2.19. The van der Waals surface area contributed by atoms with Crippen LogP contribution in [0.25, 0.3) is 0 Å². The third kappa shape index (κ3) is 2.42. The van der Waals surface area contributed by atoms with E-state index in [9.17, 15) is 4.79 Å². The minimum atomic E-state index is -0.278. The molecule has 0 bridgehead atoms. The summed E-state index contributed by atoms with van der Waals surface area (Å²) in [4.78, 5) is 14.0. The van der Waals surface area contributed by atoms with Crippen molar-refractivity contribution in [3.63, 3.8) is 0 Å². The van der Waals surface area contributed by atoms with E-state index in [1.54, 1.807) is 24.3 Å². The second-order valence-electron chi connectivity index (χ2n) is 4.01. The van der Waals surface area contributed by atoms with Crippen molar-refractivity contribution in [1.82, 2.24) is 5.16 Å². The van der Waals surface area contributed by atoms with E-state index in [0.29, 0.717) is 17.1 Å². The van der Waals surface area contributed by atoms with E-state index in [1.165, 1.54) is 6.26 Å². The average Bonchev–Trinajstić information content (AvgIpc) is 2.81. The summed E-state index contributed by atoms with van der Waals surface area (Å²) in [5.41, 5.74) is 7.51. The number of amides is 1. The molecule has 1 amide bonds. The highest BCUT2D eigenvalue weighted by molar-refractivity contribution is 6.08. The lowest BCUT2D eigenvalue weighted by atomic mass is 10.1. The molecule has 2 rings (SSSR count). The van der Waals surface area contributed by atoms with Gasteiger partial charge in [-0.2, -0.15) is 0 Å². The molecule has 2 aromatic rings. The van der Waals surface area contributed by atoms with Gasteiger partial charge in [-0.05, 0) is 18.2 Å². The Morgan fingerprint density at radius 3 is 2.78 bits per heavy atom. The third-order valence-corrected chi connectivity index (χ3v) is 2.43. The number of benzene rings is 1. The highest BCUT2D eigenvalue weighted by Gasteiger charge is 2.14. The molecule has 0 aliphatic rings. The van der Waals surface area contributed by atoms with Gasteiger partial charge in [-0.15, -0.1) is 0 Å². The number of anilines is 3. The molecule has 1 heterocycles. The standard InChI is InChI=1S/C12H14N4O2/c1-16(2)10-4-3-8(13)7-9(10)12(17)14-11-5-6-18-15-11/h3-7H,13H2,1-2H3,(H,14,15,17). The number of nitrogens with two attached hydrogens (primary N) is 1. The van der Waals surface area contributed by atoms with Crippen LogP contribution >= 0.6 is 0 Å². The fraction of sp³-hybridized carbons (Fsp3) is 0.167. The van der Waals surface area contributed by atoms with Crippen LogP contribution in [0.15, 0.2) is 35.1 Å². The summed E-state index contributed by atoms with van der Waals surface area (Å²) >= 11 is 0. The van der Waals surface area contributed by atoms with E-state index < -0.39 is 0 Å². The fourth-order valence-electron chi connectivity index (χ4n) is 1.59. The summed E-state index contributed by atoms with van der Waals surface area (Å²) in [6.07, 6.45) is 1.39. The number of hydrogen-bond acceptors (Lipinski definition) is 5. The summed E-state index contributed by atoms with van der Waals surface area (Å²) in [6.45, 7) is 0. The number of carbonyl (C=O) groups is 1. The molecule has 0 radical (unpaired) electrons. The molecule has 0 fully saturated rings. The van der Waals surface area contributed by atoms with E-state index in [4.69, 9.17) is 5.73 Å². The topological polar surface area (TPSA) is 84.4 Å². The SMILES string of the molecule is CN(C)c1ccc(N)cc1C(=O)Nc1ccon1. The molecular formula is C12H14N4O2. The molecule has 1 aromatic heterocycles. The first-order chi connectivity index (χ1) is 8.58. The van der Waals surface area contributed by atoms with Gasteiger partial charge in [-0.25, -0.2) is 0 Å². The van der Waals surface area contributed by atoms with Crippen molar-refractivity contribution in [2.24, 2.45) is 0 Å². The van der Waals surface area contributed by atoms with Crippen LogP contribution in [0.5, 0.6) is 0 Å². The Morgan fingerprint density at radius 2 is 2.17 bits per heavy atom. The molecule has 0 saturated heterocycles. The molecular weight excluding hydrogens is 232 g/mol. The minimum Gasteiger partial charge on any atom is -0.399 e. The van der Waals surface area contributed by atoms with Crippen LogP contribution in [-0.4, -0.2) is 25.2 Å². The molecule has 18 heavy (non-hydrogen) atoms. The van der Waals surface area contributed by atoms with Crippen molar-refractivity contribution < 1.29 is 9.32 Å². The van der Waals surface area contributed by atoms with Crippen molar-refractivity contribution in [1.29, 1.82) is 0 Å². The Balaban J connectivity index is 2.31. The summed E-state index contributed by atoms with van der Waals surface area (Å²) < 4.78 is 4.65. The molecule has 0 saturated carbocycles. The van der Waals surface area contributed by atoms with Gasteiger partial charge >= 0.3 is 0 Å². The van der Waals surface area contributed by atoms with E-state index in [2.05, 4.69) is 15.0 Å². The Morgan fingerprint density at radius 1 is 1.39 bits per heavy atom. The summed E-state index contributed by atoms with van der Waals surface area (Å²) in [5.74, 6) is 0.0898. The number of hydrogen-bond donors (Lipinski definition) is 2. The van der Waals surface area contributed by atoms with Crippen LogP contribution in [-0.2, 0) is 0 Å². The molecule has 0 atom stereocenters. The lowest BCUT2D eigenvalue weighted by Gasteiger charge is -2.17. The smallest absolute Gasteiger partial charge is 0.259 e. The van der Waals surface area contributed by atoms with Gasteiger partial charge in [0.15, 0.2) is 5.82 Å². The Kier molecular flexibility index (Phi) is 3.18. The van der Waals surface area contributed by atoms with Gasteiger partial charge < -0.3 is 20.5 Å². The van der Waals surface area contributed by atoms with Gasteiger partial charge in [-0.3, -0.25) is 4.79 Å². The zero-order valence-electron chi connectivity index (χ0n) is 10.2. The monoisotopic (exact) mass is 246 g/mol. The highest BCUT2D eigenvalue weighted by atomic mass is 16.5. The van der Waals surface area contributed by atoms with Crippen molar-refractivity contribution in [3.8, 4) is 0 Å². The molecule has 6 nitrogen and oxygen atoms in total. The average molecular weight is 246 g/mol. The molecule has 94 valence electrons. The maximum absolute atomic E-state index is 12.1. The zero-order valence-corrected chi connectivity index (χ0v) is 10.2. The number of nitrogens with one attached hydrogen (secondary N) is 1. The molecule has 3 N–H and O–H groups in total. The second kappa shape index (κ2) is 4.79. The number of aromatic nitrogens is 1. The first-order valence-electron chi connectivity index (χ1n) is 5.36. The molecule has 0 spiro atoms. The molecule has 0 aliphatic carbocycles. The predicted molar refractivity (Wildman–Crippen MR) is 69.6 cm³/mol. The van der Waals surface area contributed by atoms with Gasteiger partial charge in [-0.1, -0.05) is 5.16 Å². The van der Waals surface area contributed by atoms with E-state index in [0.717, 1.165) is 5.69 Å². The predicted octanol–water partition coefficient (Wildman–Crippen LogP) is 1.58. The maximum atomic E-state index is 12.1. The van der Waals surface area contributed by atoms with Gasteiger partial charge in [0.1, 0.15) is 6.26 Å². The molecule has 6 heteroatoms. The quantitative estimate of drug-likeness (QED) is 0.803. The molecule has 1 aromatic carbocycles. The normalized spacial score (nSPS) is 10.1. The second-order valence-corrected chi connectivity index (χ2v) is 4.01. The van der Waals surface area contributed by atoms with E-state index in [-0.39, 0.29) is 5.91 Å². The summed E-state index contributed by atoms with van der Waals surface area (Å²) in [5, 5.41) is 6.26. The first kappa shape index (κ1) is 12.0. The molecule has 0 aliphatic heterocycles. The number of nitrogen functional groups attached to an aromatic ring is 1. The number of nitrogens with zero attached hydrogens (tertiary/aromatic N) is 2. The first-order valence-corrected chi connectivity index (χ1v) is 5.36. The lowest BCUT2D eigenvalue weighted by molar-refractivity contribution is 0.102. The fourth-order valence-corrected chi connectivity index (χ4v) is 1.59. The van der Waals surface area contributed by atoms with Crippen LogP contribution in [0.1, 0.15) is 10.4 Å². The summed E-state index contributed by atoms with van der Waals surface area (Å²) in [6, 6.07) is 6.75. The van der Waals surface area contributed by atoms with Crippen LogP contribution in [0.4, 0.5) is 17.2 Å². The van der Waals surface area contributed by atoms with Crippen molar-refractivity contribution in [2.45, 2.75) is 0 Å². The van der Waals surface area contributed by atoms with Crippen LogP contribution in [0, 0.1) is 0 Å². The van der Waals surface area contributed by atoms with Gasteiger partial charge in [0.25, 0.3) is 5.91 Å². The largest absolute Gasteiger partial charge is 0.399 e. The van der Waals surface area contributed by atoms with Crippen LogP contribution in [0.2, 0.25) is 0 Å². The van der Waals surface area contributed by atoms with Crippen LogP contribution < -0.4 is 16.0 Å². The van der Waals surface area contributed by atoms with Gasteiger partial charge in [0, 0.05) is 31.5 Å². The van der Waals surface area contributed by atoms with Crippen molar-refractivity contribution in [3.05, 3.63) is 36.1 Å². The van der Waals surface area contributed by atoms with E-state index >= 15 is 0 Å². The number of carbonyl (C=O) groups excluding carboxylic acids is 1. The molecule has 0 unspecified atom stereocenters. The van der Waals surface area contributed by atoms with E-state index in [1.807, 2.05) is 19.0 Å². The maximum Gasteiger partial charge on any atom is 0.259 e. The van der Waals surface area contributed by atoms with Crippen molar-refractivity contribution in [2.75, 3.05) is 30.0 Å². The zero-order chi connectivity index (χ0) is 13.1. The Labute approximate surface area is 104 Å². The van der Waals surface area contributed by atoms with Crippen molar-refractivity contribution >= 4 is 23.1 Å². The van der Waals surface area contributed by atoms with Gasteiger partial charge in [0.05, 0.1) is 5.56 Å². The number of rotatable bonds is 3. The third-order valence-electron chi connectivity index (χ3n) is 2.43. The van der Waals surface area contributed by atoms with Crippen LogP contribution in [0.3, 0.4) is 0 Å². The highest BCUT2D eigenvalue weighted by Crippen LogP contribution is 2.22.